The minimum atomic E-state index is -0.264. The molecular weight excluding hydrogens is 418 g/mol. The van der Waals surface area contributed by atoms with E-state index in [4.69, 9.17) is 12.2 Å². The Balaban J connectivity index is 1.46. The quantitative estimate of drug-likeness (QED) is 0.420. The summed E-state index contributed by atoms with van der Waals surface area (Å²) in [5.41, 5.74) is 4.27. The van der Waals surface area contributed by atoms with Gasteiger partial charge in [0.2, 0.25) is 5.91 Å². The average molecular weight is 446 g/mol. The maximum atomic E-state index is 12.4. The second kappa shape index (κ2) is 11.2. The highest BCUT2D eigenvalue weighted by Gasteiger charge is 2.09. The molecule has 0 aromatic heterocycles. The third-order valence-corrected chi connectivity index (χ3v) is 5.18. The molecule has 3 aromatic carbocycles. The van der Waals surface area contributed by atoms with Gasteiger partial charge in [0, 0.05) is 23.4 Å². The van der Waals surface area contributed by atoms with Crippen molar-refractivity contribution in [3.63, 3.8) is 0 Å². The summed E-state index contributed by atoms with van der Waals surface area (Å²) in [5, 5.41) is 8.77. The fourth-order valence-electron chi connectivity index (χ4n) is 3.12. The van der Waals surface area contributed by atoms with Crippen LogP contribution in [0.5, 0.6) is 0 Å². The van der Waals surface area contributed by atoms with E-state index in [2.05, 4.69) is 29.8 Å². The Bertz CT molecular complexity index is 1060. The van der Waals surface area contributed by atoms with Crippen LogP contribution >= 0.6 is 12.2 Å². The van der Waals surface area contributed by atoms with Crippen molar-refractivity contribution in [2.45, 2.75) is 32.6 Å². The van der Waals surface area contributed by atoms with Crippen LogP contribution in [0.2, 0.25) is 0 Å². The molecule has 32 heavy (non-hydrogen) atoms. The highest BCUT2D eigenvalue weighted by atomic mass is 32.1. The maximum Gasteiger partial charge on any atom is 0.257 e. The predicted molar refractivity (Wildman–Crippen MR) is 134 cm³/mol. The topological polar surface area (TPSA) is 70.2 Å². The third kappa shape index (κ3) is 7.03. The number of carbonyl (C=O) groups is 2. The Morgan fingerprint density at radius 3 is 2.00 bits per heavy atom. The van der Waals surface area contributed by atoms with Crippen molar-refractivity contribution in [1.29, 1.82) is 0 Å². The minimum Gasteiger partial charge on any atom is -0.332 e. The van der Waals surface area contributed by atoms with Gasteiger partial charge in [0.15, 0.2) is 5.11 Å². The van der Waals surface area contributed by atoms with Crippen LogP contribution < -0.4 is 16.0 Å². The van der Waals surface area contributed by atoms with Gasteiger partial charge in [-0.2, -0.15) is 0 Å². The van der Waals surface area contributed by atoms with Crippen LogP contribution in [0.15, 0.2) is 78.9 Å². The Hall–Kier alpha value is -3.51. The van der Waals surface area contributed by atoms with Gasteiger partial charge in [0.25, 0.3) is 5.91 Å². The molecule has 0 aliphatic carbocycles. The predicted octanol–water partition coefficient (Wildman–Crippen LogP) is 5.51. The molecule has 0 aliphatic heterocycles. The lowest BCUT2D eigenvalue weighted by Gasteiger charge is -2.11. The van der Waals surface area contributed by atoms with Gasteiger partial charge in [-0.25, -0.2) is 0 Å². The van der Waals surface area contributed by atoms with Crippen molar-refractivity contribution < 1.29 is 9.59 Å². The molecule has 0 unspecified atom stereocenters. The first kappa shape index (κ1) is 23.2. The summed E-state index contributed by atoms with van der Waals surface area (Å²) in [6, 6.07) is 24.6. The summed E-state index contributed by atoms with van der Waals surface area (Å²) in [4.78, 5) is 24.5. The molecule has 3 rings (SSSR count). The third-order valence-electron chi connectivity index (χ3n) is 4.98. The van der Waals surface area contributed by atoms with Crippen molar-refractivity contribution in [3.8, 4) is 0 Å². The maximum absolute atomic E-state index is 12.4. The average Bonchev–Trinajstić information content (AvgIpc) is 2.79. The molecule has 2 amide bonds. The largest absolute Gasteiger partial charge is 0.332 e. The summed E-state index contributed by atoms with van der Waals surface area (Å²) in [6.45, 7) is 4.21. The Morgan fingerprint density at radius 2 is 1.41 bits per heavy atom. The molecule has 0 aliphatic rings. The van der Waals surface area contributed by atoms with E-state index < -0.39 is 0 Å². The number of thiocarbonyl (C=S) groups is 1. The molecule has 0 bridgehead atoms. The number of carbonyl (C=O) groups excluding carboxylic acids is 2. The molecule has 3 N–H and O–H groups in total. The lowest BCUT2D eigenvalue weighted by atomic mass is 10.0. The summed E-state index contributed by atoms with van der Waals surface area (Å²) >= 11 is 5.25. The van der Waals surface area contributed by atoms with E-state index in [1.807, 2.05) is 42.5 Å². The first-order valence-electron chi connectivity index (χ1n) is 10.6. The van der Waals surface area contributed by atoms with Crippen molar-refractivity contribution in [2.24, 2.45) is 0 Å². The van der Waals surface area contributed by atoms with Crippen LogP contribution in [0.4, 0.5) is 11.4 Å². The number of rotatable bonds is 7. The normalized spacial score (nSPS) is 10.5. The standard InChI is InChI=1S/C26H27N3O2S/c1-18(2)20-9-11-21(12-10-20)25(31)29-26(32)28-23-15-13-22(14-16-23)27-24(30)17-8-19-6-4-3-5-7-19/h3-7,9-16,18H,8,17H2,1-2H3,(H,27,30)(H2,28,29,31,32). The summed E-state index contributed by atoms with van der Waals surface area (Å²) in [6.07, 6.45) is 1.11. The lowest BCUT2D eigenvalue weighted by molar-refractivity contribution is -0.116. The number of anilines is 2. The van der Waals surface area contributed by atoms with Crippen molar-refractivity contribution in [1.82, 2.24) is 5.32 Å². The van der Waals surface area contributed by atoms with E-state index in [0.29, 0.717) is 35.7 Å². The van der Waals surface area contributed by atoms with Crippen molar-refractivity contribution in [3.05, 3.63) is 95.6 Å². The van der Waals surface area contributed by atoms with Gasteiger partial charge in [-0.15, -0.1) is 0 Å². The number of amides is 2. The zero-order valence-electron chi connectivity index (χ0n) is 18.2. The number of nitrogens with one attached hydrogen (secondary N) is 3. The van der Waals surface area contributed by atoms with Gasteiger partial charge in [-0.3, -0.25) is 14.9 Å². The molecule has 0 spiro atoms. The molecule has 3 aromatic rings. The van der Waals surface area contributed by atoms with Gasteiger partial charge in [-0.1, -0.05) is 56.3 Å². The molecule has 5 nitrogen and oxygen atoms in total. The van der Waals surface area contributed by atoms with E-state index in [1.165, 1.54) is 5.56 Å². The number of benzene rings is 3. The lowest BCUT2D eigenvalue weighted by Crippen LogP contribution is -2.34. The van der Waals surface area contributed by atoms with Gasteiger partial charge in [0.1, 0.15) is 0 Å². The summed E-state index contributed by atoms with van der Waals surface area (Å²) < 4.78 is 0. The van der Waals surface area contributed by atoms with Crippen molar-refractivity contribution >= 4 is 40.5 Å². The first-order chi connectivity index (χ1) is 15.4. The second-order valence-electron chi connectivity index (χ2n) is 7.80. The molecule has 164 valence electrons. The van der Waals surface area contributed by atoms with E-state index >= 15 is 0 Å². The van der Waals surface area contributed by atoms with Crippen LogP contribution in [0.1, 0.15) is 47.7 Å². The second-order valence-corrected chi connectivity index (χ2v) is 8.20. The fourth-order valence-corrected chi connectivity index (χ4v) is 3.33. The molecule has 0 saturated carbocycles. The van der Waals surface area contributed by atoms with Gasteiger partial charge >= 0.3 is 0 Å². The highest BCUT2D eigenvalue weighted by molar-refractivity contribution is 7.80. The highest BCUT2D eigenvalue weighted by Crippen LogP contribution is 2.16. The van der Waals surface area contributed by atoms with E-state index in [0.717, 1.165) is 5.56 Å². The smallest absolute Gasteiger partial charge is 0.257 e. The molecular formula is C26H27N3O2S. The van der Waals surface area contributed by atoms with Crippen LogP contribution in [0.25, 0.3) is 0 Å². The summed E-state index contributed by atoms with van der Waals surface area (Å²) in [7, 11) is 0. The van der Waals surface area contributed by atoms with E-state index in [-0.39, 0.29) is 16.9 Å². The minimum absolute atomic E-state index is 0.0409. The monoisotopic (exact) mass is 445 g/mol. The zero-order chi connectivity index (χ0) is 22.9. The van der Waals surface area contributed by atoms with Crippen LogP contribution in [0.3, 0.4) is 0 Å². The van der Waals surface area contributed by atoms with Gasteiger partial charge in [0.05, 0.1) is 0 Å². The Labute approximate surface area is 194 Å². The van der Waals surface area contributed by atoms with E-state index in [9.17, 15) is 9.59 Å². The Morgan fingerprint density at radius 1 is 0.812 bits per heavy atom. The molecule has 0 heterocycles. The van der Waals surface area contributed by atoms with Crippen LogP contribution in [-0.4, -0.2) is 16.9 Å². The number of hydrogen-bond donors (Lipinski definition) is 3. The fraction of sp³-hybridized carbons (Fsp3) is 0.192. The zero-order valence-corrected chi connectivity index (χ0v) is 19.0. The first-order valence-corrected chi connectivity index (χ1v) is 11.0. The van der Waals surface area contributed by atoms with Crippen LogP contribution in [-0.2, 0) is 11.2 Å². The number of hydrogen-bond acceptors (Lipinski definition) is 3. The molecule has 0 atom stereocenters. The number of aryl methyl sites for hydroxylation is 1. The SMILES string of the molecule is CC(C)c1ccc(C(=O)NC(=S)Nc2ccc(NC(=O)CCc3ccccc3)cc2)cc1. The van der Waals surface area contributed by atoms with Crippen LogP contribution in [0, 0.1) is 0 Å². The molecule has 0 radical (unpaired) electrons. The Kier molecular flexibility index (Phi) is 8.11. The molecule has 0 saturated heterocycles. The van der Waals surface area contributed by atoms with Gasteiger partial charge in [-0.05, 0) is 72.1 Å². The molecule has 6 heteroatoms. The van der Waals surface area contributed by atoms with Crippen molar-refractivity contribution in [2.75, 3.05) is 10.6 Å². The molecule has 0 fully saturated rings. The van der Waals surface area contributed by atoms with E-state index in [1.54, 1.807) is 36.4 Å². The van der Waals surface area contributed by atoms with Gasteiger partial charge < -0.3 is 10.6 Å². The summed E-state index contributed by atoms with van der Waals surface area (Å²) in [5.74, 6) is 0.104.